The molecular weight excluding hydrogens is 307 g/mol. The molecule has 0 spiro atoms. The van der Waals surface area contributed by atoms with Crippen molar-refractivity contribution >= 4 is 11.6 Å². The Morgan fingerprint density at radius 1 is 1.08 bits per heavy atom. The molecular formula is C19H21FN2O2. The molecule has 5 heteroatoms. The Labute approximate surface area is 141 Å². The summed E-state index contributed by atoms with van der Waals surface area (Å²) in [6.45, 7) is 1.80. The minimum absolute atomic E-state index is 0.0511. The van der Waals surface area contributed by atoms with E-state index in [1.54, 1.807) is 0 Å². The number of amides is 1. The lowest BCUT2D eigenvalue weighted by atomic mass is 10.0. The van der Waals surface area contributed by atoms with Crippen LogP contribution in [0.4, 0.5) is 10.1 Å². The van der Waals surface area contributed by atoms with Crippen molar-refractivity contribution in [3.8, 4) is 5.75 Å². The quantitative estimate of drug-likeness (QED) is 0.917. The highest BCUT2D eigenvalue weighted by molar-refractivity contribution is 5.77. The fraction of sp³-hybridized carbons (Fsp3) is 0.316. The number of piperidine rings is 1. The average Bonchev–Trinajstić information content (AvgIpc) is 2.63. The average molecular weight is 328 g/mol. The molecule has 126 valence electrons. The van der Waals surface area contributed by atoms with E-state index in [2.05, 4.69) is 22.3 Å². The zero-order valence-corrected chi connectivity index (χ0v) is 13.5. The number of nitrogens with one attached hydrogen (secondary N) is 1. The molecule has 1 aliphatic heterocycles. The van der Waals surface area contributed by atoms with E-state index in [-0.39, 0.29) is 24.4 Å². The third-order valence-corrected chi connectivity index (χ3v) is 4.16. The zero-order chi connectivity index (χ0) is 16.8. The van der Waals surface area contributed by atoms with Gasteiger partial charge in [0.15, 0.2) is 6.61 Å². The highest BCUT2D eigenvalue weighted by Crippen LogP contribution is 2.19. The molecule has 0 atom stereocenters. The van der Waals surface area contributed by atoms with Crippen LogP contribution in [-0.4, -0.2) is 31.6 Å². The first-order valence-corrected chi connectivity index (χ1v) is 8.18. The number of anilines is 1. The number of hydrogen-bond acceptors (Lipinski definition) is 3. The Kier molecular flexibility index (Phi) is 5.31. The van der Waals surface area contributed by atoms with Gasteiger partial charge in [-0.25, -0.2) is 4.39 Å². The van der Waals surface area contributed by atoms with Gasteiger partial charge in [0.25, 0.3) is 5.91 Å². The van der Waals surface area contributed by atoms with Crippen molar-refractivity contribution in [3.05, 3.63) is 60.4 Å². The topological polar surface area (TPSA) is 41.6 Å². The number of rotatable bonds is 5. The van der Waals surface area contributed by atoms with E-state index in [1.807, 2.05) is 18.2 Å². The van der Waals surface area contributed by atoms with Gasteiger partial charge in [-0.15, -0.1) is 0 Å². The second-order valence-electron chi connectivity index (χ2n) is 5.91. The molecule has 0 saturated carbocycles. The van der Waals surface area contributed by atoms with Crippen LogP contribution >= 0.6 is 0 Å². The van der Waals surface area contributed by atoms with E-state index in [4.69, 9.17) is 4.74 Å². The van der Waals surface area contributed by atoms with Crippen LogP contribution in [0.5, 0.6) is 5.75 Å². The van der Waals surface area contributed by atoms with E-state index in [0.29, 0.717) is 5.75 Å². The molecule has 1 aliphatic rings. The van der Waals surface area contributed by atoms with Gasteiger partial charge in [-0.05, 0) is 49.2 Å². The molecule has 0 radical (unpaired) electrons. The molecule has 0 aliphatic carbocycles. The van der Waals surface area contributed by atoms with Crippen LogP contribution < -0.4 is 15.0 Å². The summed E-state index contributed by atoms with van der Waals surface area (Å²) in [5.74, 6) is 0.0277. The maximum absolute atomic E-state index is 12.8. The van der Waals surface area contributed by atoms with Gasteiger partial charge >= 0.3 is 0 Å². The molecule has 1 saturated heterocycles. The van der Waals surface area contributed by atoms with Crippen molar-refractivity contribution in [2.75, 3.05) is 24.6 Å². The van der Waals surface area contributed by atoms with E-state index in [1.165, 1.54) is 30.0 Å². The third kappa shape index (κ3) is 4.47. The predicted octanol–water partition coefficient (Wildman–Crippen LogP) is 2.99. The Morgan fingerprint density at radius 3 is 2.42 bits per heavy atom. The Bertz CT molecular complexity index is 653. The monoisotopic (exact) mass is 328 g/mol. The van der Waals surface area contributed by atoms with Gasteiger partial charge in [0.2, 0.25) is 0 Å². The van der Waals surface area contributed by atoms with Crippen LogP contribution in [0, 0.1) is 5.82 Å². The molecule has 1 heterocycles. The van der Waals surface area contributed by atoms with Gasteiger partial charge in [0.05, 0.1) is 0 Å². The minimum Gasteiger partial charge on any atom is -0.484 e. The second-order valence-corrected chi connectivity index (χ2v) is 5.91. The van der Waals surface area contributed by atoms with Crippen LogP contribution in [0.2, 0.25) is 0 Å². The van der Waals surface area contributed by atoms with E-state index in [9.17, 15) is 9.18 Å². The smallest absolute Gasteiger partial charge is 0.258 e. The third-order valence-electron chi connectivity index (χ3n) is 4.16. The summed E-state index contributed by atoms with van der Waals surface area (Å²) in [5.41, 5.74) is 1.22. The zero-order valence-electron chi connectivity index (χ0n) is 13.5. The Hall–Kier alpha value is -2.56. The number of ether oxygens (including phenoxy) is 1. The summed E-state index contributed by atoms with van der Waals surface area (Å²) < 4.78 is 18.2. The van der Waals surface area contributed by atoms with Gasteiger partial charge in [-0.3, -0.25) is 4.79 Å². The van der Waals surface area contributed by atoms with Crippen molar-refractivity contribution in [2.45, 2.75) is 18.9 Å². The molecule has 0 aromatic heterocycles. The Morgan fingerprint density at radius 2 is 1.75 bits per heavy atom. The van der Waals surface area contributed by atoms with Gasteiger partial charge in [0, 0.05) is 24.8 Å². The number of hydrogen-bond donors (Lipinski definition) is 1. The fourth-order valence-corrected chi connectivity index (χ4v) is 2.87. The largest absolute Gasteiger partial charge is 0.484 e. The van der Waals surface area contributed by atoms with E-state index >= 15 is 0 Å². The van der Waals surface area contributed by atoms with E-state index < -0.39 is 0 Å². The maximum Gasteiger partial charge on any atom is 0.258 e. The van der Waals surface area contributed by atoms with Gasteiger partial charge in [-0.2, -0.15) is 0 Å². The molecule has 24 heavy (non-hydrogen) atoms. The number of benzene rings is 2. The summed E-state index contributed by atoms with van der Waals surface area (Å²) in [5, 5.41) is 3.01. The summed E-state index contributed by atoms with van der Waals surface area (Å²) in [6.07, 6.45) is 1.83. The SMILES string of the molecule is O=C(COc1ccc(F)cc1)NC1CCN(c2ccccc2)CC1. The summed E-state index contributed by atoms with van der Waals surface area (Å²) in [4.78, 5) is 14.3. The number of halogens is 1. The van der Waals surface area contributed by atoms with Crippen molar-refractivity contribution in [1.82, 2.24) is 5.32 Å². The van der Waals surface area contributed by atoms with Crippen LogP contribution in [0.3, 0.4) is 0 Å². The normalized spacial score (nSPS) is 15.1. The summed E-state index contributed by atoms with van der Waals surface area (Å²) in [6, 6.07) is 16.1. The maximum atomic E-state index is 12.8. The van der Waals surface area contributed by atoms with Crippen molar-refractivity contribution in [1.29, 1.82) is 0 Å². The van der Waals surface area contributed by atoms with E-state index in [0.717, 1.165) is 25.9 Å². The number of para-hydroxylation sites is 1. The van der Waals surface area contributed by atoms with Crippen molar-refractivity contribution in [2.24, 2.45) is 0 Å². The molecule has 0 unspecified atom stereocenters. The van der Waals surface area contributed by atoms with Crippen LogP contribution in [-0.2, 0) is 4.79 Å². The molecule has 3 rings (SSSR count). The first-order valence-electron chi connectivity index (χ1n) is 8.18. The van der Waals surface area contributed by atoms with Crippen LogP contribution in [0.15, 0.2) is 54.6 Å². The van der Waals surface area contributed by atoms with Crippen LogP contribution in [0.1, 0.15) is 12.8 Å². The molecule has 2 aromatic carbocycles. The number of nitrogens with zero attached hydrogens (tertiary/aromatic N) is 1. The van der Waals surface area contributed by atoms with Crippen LogP contribution in [0.25, 0.3) is 0 Å². The molecule has 4 nitrogen and oxygen atoms in total. The second kappa shape index (κ2) is 7.81. The number of carbonyl (C=O) groups is 1. The van der Waals surface area contributed by atoms with Crippen molar-refractivity contribution < 1.29 is 13.9 Å². The van der Waals surface area contributed by atoms with Gasteiger partial charge in [0.1, 0.15) is 11.6 Å². The first kappa shape index (κ1) is 16.3. The lowest BCUT2D eigenvalue weighted by molar-refractivity contribution is -0.123. The lowest BCUT2D eigenvalue weighted by Gasteiger charge is -2.33. The highest BCUT2D eigenvalue weighted by Gasteiger charge is 2.20. The predicted molar refractivity (Wildman–Crippen MR) is 91.7 cm³/mol. The standard InChI is InChI=1S/C19H21FN2O2/c20-15-6-8-18(9-7-15)24-14-19(23)21-16-10-12-22(13-11-16)17-4-2-1-3-5-17/h1-9,16H,10-14H2,(H,21,23). The minimum atomic E-state index is -0.322. The molecule has 1 amide bonds. The number of carbonyl (C=O) groups excluding carboxylic acids is 1. The summed E-state index contributed by atoms with van der Waals surface area (Å²) in [7, 11) is 0. The fourth-order valence-electron chi connectivity index (χ4n) is 2.87. The molecule has 1 N–H and O–H groups in total. The Balaban J connectivity index is 1.41. The van der Waals surface area contributed by atoms with Crippen molar-refractivity contribution in [3.63, 3.8) is 0 Å². The van der Waals surface area contributed by atoms with Gasteiger partial charge in [-0.1, -0.05) is 18.2 Å². The summed E-state index contributed by atoms with van der Waals surface area (Å²) >= 11 is 0. The molecule has 2 aromatic rings. The first-order chi connectivity index (χ1) is 11.7. The molecule has 1 fully saturated rings. The molecule has 0 bridgehead atoms. The highest BCUT2D eigenvalue weighted by atomic mass is 19.1. The van der Waals surface area contributed by atoms with Gasteiger partial charge < -0.3 is 15.0 Å². The lowest BCUT2D eigenvalue weighted by Crippen LogP contribution is -2.46.